The van der Waals surface area contributed by atoms with E-state index in [9.17, 15) is 9.59 Å². The molecule has 9 heteroatoms. The fourth-order valence-corrected chi connectivity index (χ4v) is 3.39. The monoisotopic (exact) mass is 485 g/mol. The molecule has 0 bridgehead atoms. The first-order valence-corrected chi connectivity index (χ1v) is 10.9. The molecule has 0 fully saturated rings. The maximum absolute atomic E-state index is 12.2. The number of carboxylic acid groups (broad SMARTS) is 1. The molecule has 182 valence electrons. The molecule has 1 heterocycles. The van der Waals surface area contributed by atoms with E-state index in [1.54, 1.807) is 48.7 Å². The molecule has 1 aromatic heterocycles. The number of carboxylic acids is 1. The summed E-state index contributed by atoms with van der Waals surface area (Å²) in [5, 5.41) is 14.0. The predicted octanol–water partition coefficient (Wildman–Crippen LogP) is 4.05. The number of aromatic nitrogens is 1. The Kier molecular flexibility index (Phi) is 7.72. The average Bonchev–Trinajstić information content (AvgIpc) is 2.91. The van der Waals surface area contributed by atoms with Crippen LogP contribution in [0.2, 0.25) is 0 Å². The molecule has 0 unspecified atom stereocenters. The van der Waals surface area contributed by atoms with Gasteiger partial charge in [-0.1, -0.05) is 30.3 Å². The number of hydrazone groups is 1. The van der Waals surface area contributed by atoms with E-state index in [4.69, 9.17) is 19.3 Å². The Morgan fingerprint density at radius 2 is 1.81 bits per heavy atom. The van der Waals surface area contributed by atoms with Gasteiger partial charge in [-0.15, -0.1) is 0 Å². The van der Waals surface area contributed by atoms with Crippen LogP contribution in [0.25, 0.3) is 10.9 Å². The van der Waals surface area contributed by atoms with Crippen molar-refractivity contribution in [3.63, 3.8) is 0 Å². The molecule has 0 aliphatic heterocycles. The number of rotatable bonds is 10. The molecule has 0 aliphatic rings. The Morgan fingerprint density at radius 1 is 0.972 bits per heavy atom. The summed E-state index contributed by atoms with van der Waals surface area (Å²) in [6.45, 7) is -0.0423. The molecule has 2 N–H and O–H groups in total. The predicted molar refractivity (Wildman–Crippen MR) is 134 cm³/mol. The van der Waals surface area contributed by atoms with Crippen molar-refractivity contribution >= 4 is 29.0 Å². The average molecular weight is 485 g/mol. The number of hydrogen-bond donors (Lipinski definition) is 2. The molecule has 1 amide bonds. The summed E-state index contributed by atoms with van der Waals surface area (Å²) in [5.74, 6) is 0.0437. The number of aromatic carboxylic acids is 1. The number of amides is 1. The van der Waals surface area contributed by atoms with E-state index in [1.807, 2.05) is 24.3 Å². The summed E-state index contributed by atoms with van der Waals surface area (Å²) in [4.78, 5) is 27.6. The summed E-state index contributed by atoms with van der Waals surface area (Å²) in [7, 11) is 1.51. The largest absolute Gasteiger partial charge is 0.493 e. The number of carbonyl (C=O) groups is 2. The van der Waals surface area contributed by atoms with Crippen LogP contribution >= 0.6 is 0 Å². The first kappa shape index (κ1) is 24.2. The highest BCUT2D eigenvalue weighted by atomic mass is 16.5. The van der Waals surface area contributed by atoms with Crippen LogP contribution in [-0.2, 0) is 11.4 Å². The normalized spacial score (nSPS) is 10.8. The molecule has 36 heavy (non-hydrogen) atoms. The highest BCUT2D eigenvalue weighted by Crippen LogP contribution is 2.28. The minimum atomic E-state index is -0.998. The number of nitrogens with one attached hydrogen (secondary N) is 1. The molecule has 3 aromatic carbocycles. The van der Waals surface area contributed by atoms with E-state index in [-0.39, 0.29) is 18.8 Å². The van der Waals surface area contributed by atoms with E-state index in [2.05, 4.69) is 15.5 Å². The van der Waals surface area contributed by atoms with Crippen LogP contribution in [0.3, 0.4) is 0 Å². The summed E-state index contributed by atoms with van der Waals surface area (Å²) in [6.07, 6.45) is 3.14. The van der Waals surface area contributed by atoms with Crippen molar-refractivity contribution < 1.29 is 28.9 Å². The second-order valence-corrected chi connectivity index (χ2v) is 7.62. The van der Waals surface area contributed by atoms with Crippen LogP contribution in [-0.4, -0.2) is 41.9 Å². The lowest BCUT2D eigenvalue weighted by atomic mass is 10.1. The summed E-state index contributed by atoms with van der Waals surface area (Å²) < 4.78 is 16.8. The van der Waals surface area contributed by atoms with Crippen LogP contribution in [0.1, 0.15) is 21.5 Å². The molecule has 0 spiro atoms. The molecule has 0 saturated carbocycles. The Hall–Kier alpha value is -4.92. The van der Waals surface area contributed by atoms with Crippen LogP contribution in [0.15, 0.2) is 84.1 Å². The lowest BCUT2D eigenvalue weighted by Crippen LogP contribution is -2.24. The maximum Gasteiger partial charge on any atom is 0.335 e. The molecule has 0 saturated heterocycles. The maximum atomic E-state index is 12.2. The van der Waals surface area contributed by atoms with Gasteiger partial charge < -0.3 is 19.3 Å². The third-order valence-corrected chi connectivity index (χ3v) is 5.11. The Bertz CT molecular complexity index is 1410. The van der Waals surface area contributed by atoms with E-state index in [1.165, 1.54) is 19.4 Å². The first-order chi connectivity index (χ1) is 17.5. The number of hydrogen-bond acceptors (Lipinski definition) is 7. The third kappa shape index (κ3) is 6.15. The Labute approximate surface area is 207 Å². The van der Waals surface area contributed by atoms with Crippen molar-refractivity contribution in [3.8, 4) is 17.2 Å². The highest BCUT2D eigenvalue weighted by molar-refractivity contribution is 5.88. The molecule has 0 radical (unpaired) electrons. The summed E-state index contributed by atoms with van der Waals surface area (Å²) in [6, 6.07) is 20.9. The molecule has 4 aromatic rings. The third-order valence-electron chi connectivity index (χ3n) is 5.11. The van der Waals surface area contributed by atoms with Crippen LogP contribution in [0, 0.1) is 0 Å². The van der Waals surface area contributed by atoms with E-state index in [0.29, 0.717) is 33.9 Å². The number of fused-ring (bicyclic) bond motifs is 1. The molecule has 0 atom stereocenters. The van der Waals surface area contributed by atoms with Crippen LogP contribution in [0.4, 0.5) is 0 Å². The zero-order valence-corrected chi connectivity index (χ0v) is 19.4. The zero-order chi connectivity index (χ0) is 25.3. The topological polar surface area (TPSA) is 119 Å². The first-order valence-electron chi connectivity index (χ1n) is 10.9. The second kappa shape index (κ2) is 11.5. The van der Waals surface area contributed by atoms with Gasteiger partial charge >= 0.3 is 5.97 Å². The SMILES string of the molecule is COc1cc(C=NNC(=O)COc2cccc3cccnc23)ccc1OCc1cccc(C(=O)O)c1. The van der Waals surface area contributed by atoms with Crippen molar-refractivity contribution in [2.24, 2.45) is 5.10 Å². The summed E-state index contributed by atoms with van der Waals surface area (Å²) >= 11 is 0. The zero-order valence-electron chi connectivity index (χ0n) is 19.4. The smallest absolute Gasteiger partial charge is 0.335 e. The molecular weight excluding hydrogens is 462 g/mol. The fraction of sp³-hybridized carbons (Fsp3) is 0.111. The minimum Gasteiger partial charge on any atom is -0.493 e. The lowest BCUT2D eigenvalue weighted by Gasteiger charge is -2.11. The van der Waals surface area contributed by atoms with Crippen molar-refractivity contribution in [2.45, 2.75) is 6.61 Å². The van der Waals surface area contributed by atoms with Crippen molar-refractivity contribution in [1.29, 1.82) is 0 Å². The summed E-state index contributed by atoms with van der Waals surface area (Å²) in [5.41, 5.74) is 4.69. The number of pyridine rings is 1. The second-order valence-electron chi connectivity index (χ2n) is 7.62. The van der Waals surface area contributed by atoms with E-state index < -0.39 is 11.9 Å². The van der Waals surface area contributed by atoms with Crippen molar-refractivity contribution in [1.82, 2.24) is 10.4 Å². The fourth-order valence-electron chi connectivity index (χ4n) is 3.39. The van der Waals surface area contributed by atoms with Gasteiger partial charge in [0, 0.05) is 11.6 Å². The molecule has 9 nitrogen and oxygen atoms in total. The minimum absolute atomic E-state index is 0.174. The van der Waals surface area contributed by atoms with Gasteiger partial charge in [0.2, 0.25) is 0 Å². The van der Waals surface area contributed by atoms with Crippen LogP contribution in [0.5, 0.6) is 17.2 Å². The van der Waals surface area contributed by atoms with Gasteiger partial charge in [-0.2, -0.15) is 5.10 Å². The number of ether oxygens (including phenoxy) is 3. The number of methoxy groups -OCH3 is 1. The highest BCUT2D eigenvalue weighted by Gasteiger charge is 2.09. The standard InChI is InChI=1S/C27H23N3O6/c1-34-24-14-18(10-11-22(24)35-16-19-5-2-7-21(13-19)27(32)33)15-29-30-25(31)17-36-23-9-3-6-20-8-4-12-28-26(20)23/h2-15H,16-17H2,1H3,(H,30,31)(H,32,33). The van der Waals surface area contributed by atoms with Gasteiger partial charge in [0.15, 0.2) is 18.1 Å². The van der Waals surface area contributed by atoms with E-state index >= 15 is 0 Å². The Morgan fingerprint density at radius 3 is 2.64 bits per heavy atom. The quantitative estimate of drug-likeness (QED) is 0.257. The van der Waals surface area contributed by atoms with Gasteiger partial charge in [0.05, 0.1) is 18.9 Å². The lowest BCUT2D eigenvalue weighted by molar-refractivity contribution is -0.123. The number of nitrogens with zero attached hydrogens (tertiary/aromatic N) is 2. The number of carbonyl (C=O) groups excluding carboxylic acids is 1. The van der Waals surface area contributed by atoms with Gasteiger partial charge in [-0.05, 0) is 53.6 Å². The Balaban J connectivity index is 1.32. The number of para-hydroxylation sites is 1. The van der Waals surface area contributed by atoms with Crippen molar-refractivity contribution in [2.75, 3.05) is 13.7 Å². The molecular formula is C27H23N3O6. The van der Waals surface area contributed by atoms with Gasteiger partial charge in [-0.3, -0.25) is 9.78 Å². The molecule has 4 rings (SSSR count). The van der Waals surface area contributed by atoms with Gasteiger partial charge in [0.1, 0.15) is 17.9 Å². The van der Waals surface area contributed by atoms with E-state index in [0.717, 1.165) is 5.39 Å². The van der Waals surface area contributed by atoms with Gasteiger partial charge in [-0.25, -0.2) is 10.2 Å². The molecule has 0 aliphatic carbocycles. The number of benzene rings is 3. The van der Waals surface area contributed by atoms with Crippen molar-refractivity contribution in [3.05, 3.63) is 95.7 Å². The van der Waals surface area contributed by atoms with Gasteiger partial charge in [0.25, 0.3) is 5.91 Å². The van der Waals surface area contributed by atoms with Crippen LogP contribution < -0.4 is 19.6 Å².